The largest absolute Gasteiger partial charge is 0.0622 e. The highest BCUT2D eigenvalue weighted by Crippen LogP contribution is 2.47. The Morgan fingerprint density at radius 1 is 0.192 bits per heavy atom. The molecule has 0 unspecified atom stereocenters. The van der Waals surface area contributed by atoms with Crippen molar-refractivity contribution >= 4 is 43.1 Å². The highest BCUT2D eigenvalue weighted by Gasteiger charge is 2.19. The standard InChI is InChI=1S/C52H34/c1-3-14-35(15-4-1)42-31-43(36-16-5-2-6-17-36)33-44(32-42)52-48-24-12-11-23-47(48)51(41-27-26-37-18-7-8-20-39(37)30-41)49-29-28-40(34-50(49)52)46-25-13-21-38-19-9-10-22-45(38)46/h1-34H. The summed E-state index contributed by atoms with van der Waals surface area (Å²) in [6.07, 6.45) is 0. The van der Waals surface area contributed by atoms with E-state index in [0.29, 0.717) is 0 Å². The van der Waals surface area contributed by atoms with Gasteiger partial charge >= 0.3 is 0 Å². The van der Waals surface area contributed by atoms with E-state index < -0.39 is 0 Å². The minimum Gasteiger partial charge on any atom is -0.0622 e. The molecular formula is C52H34. The Labute approximate surface area is 303 Å². The summed E-state index contributed by atoms with van der Waals surface area (Å²) in [4.78, 5) is 0. The Hall–Kier alpha value is -6.76. The van der Waals surface area contributed by atoms with Crippen LogP contribution >= 0.6 is 0 Å². The number of hydrogen-bond donors (Lipinski definition) is 0. The monoisotopic (exact) mass is 658 g/mol. The van der Waals surface area contributed by atoms with Crippen LogP contribution in [0.1, 0.15) is 0 Å². The molecule has 0 radical (unpaired) electrons. The maximum Gasteiger partial charge on any atom is -0.00257 e. The summed E-state index contributed by atoms with van der Waals surface area (Å²) in [5.41, 5.74) is 12.3. The van der Waals surface area contributed by atoms with Gasteiger partial charge in [0.1, 0.15) is 0 Å². The van der Waals surface area contributed by atoms with Gasteiger partial charge in [-0.1, -0.05) is 176 Å². The topological polar surface area (TPSA) is 0 Å². The molecule has 0 fully saturated rings. The van der Waals surface area contributed by atoms with Crippen LogP contribution in [0.3, 0.4) is 0 Å². The van der Waals surface area contributed by atoms with Crippen molar-refractivity contribution in [2.45, 2.75) is 0 Å². The van der Waals surface area contributed by atoms with Crippen LogP contribution in [0.2, 0.25) is 0 Å². The molecule has 0 amide bonds. The average Bonchev–Trinajstić information content (AvgIpc) is 3.22. The lowest BCUT2D eigenvalue weighted by Crippen LogP contribution is -1.93. The Bertz CT molecular complexity index is 2870. The van der Waals surface area contributed by atoms with Crippen LogP contribution in [-0.2, 0) is 0 Å². The molecular weight excluding hydrogens is 625 g/mol. The fraction of sp³-hybridized carbons (Fsp3) is 0. The van der Waals surface area contributed by atoms with Gasteiger partial charge in [0.2, 0.25) is 0 Å². The summed E-state index contributed by atoms with van der Waals surface area (Å²) in [5.74, 6) is 0. The lowest BCUT2D eigenvalue weighted by Gasteiger charge is -2.20. The van der Waals surface area contributed by atoms with E-state index in [0.717, 1.165) is 0 Å². The van der Waals surface area contributed by atoms with Crippen LogP contribution in [0, 0.1) is 0 Å². The molecule has 10 aromatic carbocycles. The van der Waals surface area contributed by atoms with Crippen molar-refractivity contribution in [3.63, 3.8) is 0 Å². The van der Waals surface area contributed by atoms with Gasteiger partial charge < -0.3 is 0 Å². The number of fused-ring (bicyclic) bond motifs is 4. The highest BCUT2D eigenvalue weighted by molar-refractivity contribution is 6.22. The zero-order valence-electron chi connectivity index (χ0n) is 28.6. The molecule has 0 heterocycles. The van der Waals surface area contributed by atoms with E-state index in [-0.39, 0.29) is 0 Å². The molecule has 10 aromatic rings. The van der Waals surface area contributed by atoms with E-state index in [9.17, 15) is 0 Å². The van der Waals surface area contributed by atoms with E-state index in [2.05, 4.69) is 206 Å². The first kappa shape index (κ1) is 30.1. The quantitative estimate of drug-likeness (QED) is 0.161. The molecule has 10 rings (SSSR count). The zero-order valence-corrected chi connectivity index (χ0v) is 28.6. The molecule has 0 nitrogen and oxygen atoms in total. The third-order valence-corrected chi connectivity index (χ3v) is 10.6. The van der Waals surface area contributed by atoms with Crippen LogP contribution in [0.5, 0.6) is 0 Å². The number of hydrogen-bond acceptors (Lipinski definition) is 0. The summed E-state index contributed by atoms with van der Waals surface area (Å²) in [6, 6.07) is 75.7. The van der Waals surface area contributed by atoms with Gasteiger partial charge in [0, 0.05) is 0 Å². The second-order valence-corrected chi connectivity index (χ2v) is 13.7. The molecule has 0 heteroatoms. The van der Waals surface area contributed by atoms with Crippen molar-refractivity contribution in [3.05, 3.63) is 206 Å². The minimum atomic E-state index is 1.21. The van der Waals surface area contributed by atoms with Crippen LogP contribution in [0.4, 0.5) is 0 Å². The second kappa shape index (κ2) is 12.5. The van der Waals surface area contributed by atoms with Gasteiger partial charge in [0.15, 0.2) is 0 Å². The minimum absolute atomic E-state index is 1.21. The first-order valence-electron chi connectivity index (χ1n) is 18.0. The van der Waals surface area contributed by atoms with E-state index >= 15 is 0 Å². The van der Waals surface area contributed by atoms with Gasteiger partial charge in [0.05, 0.1) is 0 Å². The fourth-order valence-electron chi connectivity index (χ4n) is 8.16. The lowest BCUT2D eigenvalue weighted by atomic mass is 9.83. The van der Waals surface area contributed by atoms with Crippen molar-refractivity contribution in [3.8, 4) is 55.6 Å². The predicted octanol–water partition coefficient (Wildman–Crippen LogP) is 14.6. The van der Waals surface area contributed by atoms with E-state index in [1.165, 1.54) is 98.7 Å². The Kier molecular flexibility index (Phi) is 7.25. The molecule has 0 saturated heterocycles. The summed E-state index contributed by atoms with van der Waals surface area (Å²) in [6.45, 7) is 0. The highest BCUT2D eigenvalue weighted by atomic mass is 14.2. The molecule has 52 heavy (non-hydrogen) atoms. The summed E-state index contributed by atoms with van der Waals surface area (Å²) in [7, 11) is 0. The summed E-state index contributed by atoms with van der Waals surface area (Å²) >= 11 is 0. The van der Waals surface area contributed by atoms with Crippen molar-refractivity contribution in [2.75, 3.05) is 0 Å². The summed E-state index contributed by atoms with van der Waals surface area (Å²) < 4.78 is 0. The summed E-state index contributed by atoms with van der Waals surface area (Å²) in [5, 5.41) is 10.0. The molecule has 0 saturated carbocycles. The number of rotatable bonds is 5. The molecule has 0 aliphatic heterocycles. The molecule has 0 bridgehead atoms. The first-order valence-corrected chi connectivity index (χ1v) is 18.0. The Balaban J connectivity index is 1.34. The van der Waals surface area contributed by atoms with Crippen molar-refractivity contribution < 1.29 is 0 Å². The van der Waals surface area contributed by atoms with Crippen LogP contribution < -0.4 is 0 Å². The first-order chi connectivity index (χ1) is 25.8. The van der Waals surface area contributed by atoms with Crippen LogP contribution in [0.25, 0.3) is 98.7 Å². The Morgan fingerprint density at radius 2 is 0.692 bits per heavy atom. The van der Waals surface area contributed by atoms with Crippen molar-refractivity contribution in [1.82, 2.24) is 0 Å². The zero-order chi connectivity index (χ0) is 34.4. The molecule has 0 aliphatic carbocycles. The lowest BCUT2D eigenvalue weighted by molar-refractivity contribution is 1.58. The van der Waals surface area contributed by atoms with Crippen molar-refractivity contribution in [1.29, 1.82) is 0 Å². The molecule has 0 aliphatic rings. The second-order valence-electron chi connectivity index (χ2n) is 13.7. The van der Waals surface area contributed by atoms with Gasteiger partial charge in [0.25, 0.3) is 0 Å². The van der Waals surface area contributed by atoms with Crippen LogP contribution in [0.15, 0.2) is 206 Å². The third-order valence-electron chi connectivity index (χ3n) is 10.6. The van der Waals surface area contributed by atoms with Gasteiger partial charge in [-0.05, 0) is 129 Å². The maximum absolute atomic E-state index is 2.45. The van der Waals surface area contributed by atoms with E-state index in [1.807, 2.05) is 0 Å². The number of benzene rings is 10. The Morgan fingerprint density at radius 3 is 1.38 bits per heavy atom. The van der Waals surface area contributed by atoms with Gasteiger partial charge in [-0.25, -0.2) is 0 Å². The average molecular weight is 659 g/mol. The molecule has 242 valence electrons. The molecule has 0 spiro atoms. The van der Waals surface area contributed by atoms with Gasteiger partial charge in [-0.15, -0.1) is 0 Å². The van der Waals surface area contributed by atoms with E-state index in [4.69, 9.17) is 0 Å². The molecule has 0 atom stereocenters. The molecule has 0 N–H and O–H groups in total. The van der Waals surface area contributed by atoms with Gasteiger partial charge in [-0.3, -0.25) is 0 Å². The normalized spacial score (nSPS) is 11.5. The molecule has 0 aromatic heterocycles. The SMILES string of the molecule is c1ccc(-c2cc(-c3ccccc3)cc(-c3c4ccccc4c(-c4ccc5ccccc5c4)c4ccc(-c5cccc6ccccc56)cc34)c2)cc1. The maximum atomic E-state index is 2.45. The predicted molar refractivity (Wildman–Crippen MR) is 224 cm³/mol. The van der Waals surface area contributed by atoms with Gasteiger partial charge in [-0.2, -0.15) is 0 Å². The van der Waals surface area contributed by atoms with Crippen molar-refractivity contribution in [2.24, 2.45) is 0 Å². The van der Waals surface area contributed by atoms with E-state index in [1.54, 1.807) is 0 Å². The smallest absolute Gasteiger partial charge is 0.00257 e. The van der Waals surface area contributed by atoms with Crippen LogP contribution in [-0.4, -0.2) is 0 Å². The third kappa shape index (κ3) is 5.16. The fourth-order valence-corrected chi connectivity index (χ4v) is 8.16.